The molecule has 30 heavy (non-hydrogen) atoms. The number of carbonyl (C=O) groups excluding carboxylic acids is 3. The molecule has 7 nitrogen and oxygen atoms in total. The third-order valence-corrected chi connectivity index (χ3v) is 3.93. The predicted molar refractivity (Wildman–Crippen MR) is 111 cm³/mol. The highest BCUT2D eigenvalue weighted by Crippen LogP contribution is 2.16. The number of carbonyl (C=O) groups is 3. The van der Waals surface area contributed by atoms with Crippen LogP contribution in [0.5, 0.6) is 5.75 Å². The van der Waals surface area contributed by atoms with Crippen LogP contribution in [0.15, 0.2) is 54.6 Å². The van der Waals surface area contributed by atoms with E-state index in [-0.39, 0.29) is 13.2 Å². The molecule has 160 valence electrons. The van der Waals surface area contributed by atoms with Gasteiger partial charge in [-0.25, -0.2) is 9.59 Å². The Bertz CT molecular complexity index is 856. The molecule has 2 aromatic carbocycles. The van der Waals surface area contributed by atoms with Crippen LogP contribution >= 0.6 is 0 Å². The number of benzene rings is 2. The lowest BCUT2D eigenvalue weighted by molar-refractivity contribution is -0.155. The van der Waals surface area contributed by atoms with Crippen molar-refractivity contribution in [1.29, 1.82) is 0 Å². The standard InChI is InChI=1S/C23H27NO6/c1-23(2,3)30-22(27)20(24-4)21(26)17-10-12-18(13-11-17)28-15-19(25)29-14-16-8-6-5-7-9-16/h5-13,20,24H,14-15H2,1-4H3. The minimum absolute atomic E-state index is 0.173. The molecule has 1 atom stereocenters. The molecule has 0 bridgehead atoms. The van der Waals surface area contributed by atoms with Crippen LogP contribution in [0.4, 0.5) is 0 Å². The highest BCUT2D eigenvalue weighted by atomic mass is 16.6. The van der Waals surface area contributed by atoms with Crippen LogP contribution in [-0.4, -0.2) is 43.0 Å². The lowest BCUT2D eigenvalue weighted by atomic mass is 10.0. The molecule has 0 amide bonds. The van der Waals surface area contributed by atoms with E-state index in [4.69, 9.17) is 14.2 Å². The summed E-state index contributed by atoms with van der Waals surface area (Å²) >= 11 is 0. The maximum absolute atomic E-state index is 12.6. The molecular weight excluding hydrogens is 386 g/mol. The van der Waals surface area contributed by atoms with Gasteiger partial charge in [0.25, 0.3) is 0 Å². The summed E-state index contributed by atoms with van der Waals surface area (Å²) in [4.78, 5) is 36.7. The van der Waals surface area contributed by atoms with Gasteiger partial charge in [-0.1, -0.05) is 30.3 Å². The van der Waals surface area contributed by atoms with Gasteiger partial charge in [0, 0.05) is 5.56 Å². The van der Waals surface area contributed by atoms with Gasteiger partial charge in [0.15, 0.2) is 18.4 Å². The highest BCUT2D eigenvalue weighted by molar-refractivity contribution is 6.12. The van der Waals surface area contributed by atoms with Crippen molar-refractivity contribution in [2.45, 2.75) is 39.0 Å². The monoisotopic (exact) mass is 413 g/mol. The third-order valence-electron chi connectivity index (χ3n) is 3.93. The molecule has 2 rings (SSSR count). The second-order valence-corrected chi connectivity index (χ2v) is 7.58. The fourth-order valence-electron chi connectivity index (χ4n) is 2.52. The molecule has 1 N–H and O–H groups in total. The van der Waals surface area contributed by atoms with E-state index < -0.39 is 29.4 Å². The Morgan fingerprint density at radius 3 is 2.17 bits per heavy atom. The molecule has 2 aromatic rings. The number of Topliss-reactive ketones (excluding diaryl/α,β-unsaturated/α-hetero) is 1. The normalized spacial score (nSPS) is 12.0. The lowest BCUT2D eigenvalue weighted by Gasteiger charge is -2.23. The SMILES string of the molecule is CNC(C(=O)OC(C)(C)C)C(=O)c1ccc(OCC(=O)OCc2ccccc2)cc1. The summed E-state index contributed by atoms with van der Waals surface area (Å²) in [6, 6.07) is 14.4. The molecule has 0 saturated carbocycles. The topological polar surface area (TPSA) is 90.9 Å². The number of rotatable bonds is 9. The molecule has 0 aliphatic rings. The van der Waals surface area contributed by atoms with Crippen molar-refractivity contribution >= 4 is 17.7 Å². The molecule has 0 aliphatic carbocycles. The zero-order valence-corrected chi connectivity index (χ0v) is 17.6. The Hall–Kier alpha value is -3.19. The Labute approximate surface area is 176 Å². The molecular formula is C23H27NO6. The molecule has 0 fully saturated rings. The summed E-state index contributed by atoms with van der Waals surface area (Å²) in [5.74, 6) is -1.15. The van der Waals surface area contributed by atoms with Gasteiger partial charge in [0.1, 0.15) is 18.0 Å². The van der Waals surface area contributed by atoms with Gasteiger partial charge in [-0.15, -0.1) is 0 Å². The molecule has 0 aliphatic heterocycles. The van der Waals surface area contributed by atoms with Crippen LogP contribution < -0.4 is 10.1 Å². The number of likely N-dealkylation sites (N-methyl/N-ethyl adjacent to an activating group) is 1. The lowest BCUT2D eigenvalue weighted by Crippen LogP contribution is -2.45. The average Bonchev–Trinajstić information content (AvgIpc) is 2.71. The van der Waals surface area contributed by atoms with Crippen molar-refractivity contribution in [1.82, 2.24) is 5.32 Å². The summed E-state index contributed by atoms with van der Waals surface area (Å²) in [6.45, 7) is 5.13. The van der Waals surface area contributed by atoms with Crippen LogP contribution in [0.2, 0.25) is 0 Å². The number of hydrogen-bond donors (Lipinski definition) is 1. The summed E-state index contributed by atoms with van der Waals surface area (Å²) in [5, 5.41) is 2.69. The minimum Gasteiger partial charge on any atom is -0.482 e. The molecule has 0 saturated heterocycles. The third kappa shape index (κ3) is 7.33. The molecule has 7 heteroatoms. The smallest absolute Gasteiger partial charge is 0.344 e. The van der Waals surface area contributed by atoms with Gasteiger partial charge in [-0.3, -0.25) is 4.79 Å². The molecule has 0 spiro atoms. The van der Waals surface area contributed by atoms with Crippen molar-refractivity contribution in [3.8, 4) is 5.75 Å². The number of ether oxygens (including phenoxy) is 3. The average molecular weight is 413 g/mol. The van der Waals surface area contributed by atoms with Crippen molar-refractivity contribution in [3.05, 3.63) is 65.7 Å². The van der Waals surface area contributed by atoms with Gasteiger partial charge in [0.05, 0.1) is 0 Å². The molecule has 0 radical (unpaired) electrons. The van der Waals surface area contributed by atoms with E-state index >= 15 is 0 Å². The van der Waals surface area contributed by atoms with Gasteiger partial charge in [0.2, 0.25) is 0 Å². The maximum Gasteiger partial charge on any atom is 0.344 e. The largest absolute Gasteiger partial charge is 0.482 e. The second kappa shape index (κ2) is 10.5. The fourth-order valence-corrected chi connectivity index (χ4v) is 2.52. The summed E-state index contributed by atoms with van der Waals surface area (Å²) < 4.78 is 15.8. The first kappa shape index (κ1) is 23.1. The van der Waals surface area contributed by atoms with Crippen LogP contribution in [-0.2, 0) is 25.7 Å². The summed E-state index contributed by atoms with van der Waals surface area (Å²) in [6.07, 6.45) is 0. The van der Waals surface area contributed by atoms with Crippen molar-refractivity contribution in [2.75, 3.05) is 13.7 Å². The first-order chi connectivity index (χ1) is 14.2. The van der Waals surface area contributed by atoms with E-state index in [0.29, 0.717) is 11.3 Å². The van der Waals surface area contributed by atoms with E-state index in [1.54, 1.807) is 32.9 Å². The van der Waals surface area contributed by atoms with E-state index in [2.05, 4.69) is 5.32 Å². The molecule has 0 heterocycles. The predicted octanol–water partition coefficient (Wildman–Crippen LogP) is 2.92. The number of esters is 2. The number of ketones is 1. The Kier molecular flexibility index (Phi) is 8.12. The van der Waals surface area contributed by atoms with Crippen LogP contribution in [0, 0.1) is 0 Å². The van der Waals surface area contributed by atoms with Gasteiger partial charge in [-0.05, 0) is 57.6 Å². The first-order valence-corrected chi connectivity index (χ1v) is 9.56. The zero-order chi connectivity index (χ0) is 22.1. The van der Waals surface area contributed by atoms with Crippen LogP contribution in [0.25, 0.3) is 0 Å². The highest BCUT2D eigenvalue weighted by Gasteiger charge is 2.30. The number of nitrogens with one attached hydrogen (secondary N) is 1. The van der Waals surface area contributed by atoms with E-state index in [1.807, 2.05) is 30.3 Å². The Balaban J connectivity index is 1.88. The summed E-state index contributed by atoms with van der Waals surface area (Å²) in [5.41, 5.74) is 0.510. The van der Waals surface area contributed by atoms with Crippen molar-refractivity contribution in [3.63, 3.8) is 0 Å². The van der Waals surface area contributed by atoms with Crippen LogP contribution in [0.3, 0.4) is 0 Å². The van der Waals surface area contributed by atoms with Crippen molar-refractivity contribution in [2.24, 2.45) is 0 Å². The van der Waals surface area contributed by atoms with E-state index in [9.17, 15) is 14.4 Å². The van der Waals surface area contributed by atoms with E-state index in [1.165, 1.54) is 19.2 Å². The van der Waals surface area contributed by atoms with Crippen molar-refractivity contribution < 1.29 is 28.6 Å². The Morgan fingerprint density at radius 2 is 1.60 bits per heavy atom. The fraction of sp³-hybridized carbons (Fsp3) is 0.348. The molecule has 0 aromatic heterocycles. The maximum atomic E-state index is 12.6. The first-order valence-electron chi connectivity index (χ1n) is 9.56. The second-order valence-electron chi connectivity index (χ2n) is 7.58. The van der Waals surface area contributed by atoms with Gasteiger partial charge < -0.3 is 19.5 Å². The van der Waals surface area contributed by atoms with Gasteiger partial charge >= 0.3 is 11.9 Å². The number of hydrogen-bond acceptors (Lipinski definition) is 7. The zero-order valence-electron chi connectivity index (χ0n) is 17.6. The summed E-state index contributed by atoms with van der Waals surface area (Å²) in [7, 11) is 1.52. The van der Waals surface area contributed by atoms with Crippen LogP contribution in [0.1, 0.15) is 36.7 Å². The van der Waals surface area contributed by atoms with Gasteiger partial charge in [-0.2, -0.15) is 0 Å². The molecule has 1 unspecified atom stereocenters. The quantitative estimate of drug-likeness (QED) is 0.384. The minimum atomic E-state index is -1.11. The van der Waals surface area contributed by atoms with E-state index in [0.717, 1.165) is 5.56 Å². The Morgan fingerprint density at radius 1 is 0.967 bits per heavy atom.